The molecule has 0 aliphatic carbocycles. The zero-order valence-electron chi connectivity index (χ0n) is 7.58. The normalized spacial score (nSPS) is 10.2. The van der Waals surface area contributed by atoms with Crippen LogP contribution >= 0.6 is 0 Å². The van der Waals surface area contributed by atoms with Crippen LogP contribution in [0.15, 0.2) is 12.3 Å². The highest BCUT2D eigenvalue weighted by molar-refractivity contribution is 5.75. The average Bonchev–Trinajstić information content (AvgIpc) is 2.35. The summed E-state index contributed by atoms with van der Waals surface area (Å²) in [6.07, 6.45) is 4.40. The van der Waals surface area contributed by atoms with Gasteiger partial charge in [0.1, 0.15) is 5.78 Å². The van der Waals surface area contributed by atoms with Gasteiger partial charge in [-0.3, -0.25) is 4.68 Å². The first-order valence-electron chi connectivity index (χ1n) is 4.16. The van der Waals surface area contributed by atoms with Crippen LogP contribution < -0.4 is 0 Å². The molecule has 0 aliphatic rings. The highest BCUT2D eigenvalue weighted by Crippen LogP contribution is 2.01. The Bertz CT molecular complexity index is 265. The van der Waals surface area contributed by atoms with Crippen LogP contribution in [0.25, 0.3) is 0 Å². The summed E-state index contributed by atoms with van der Waals surface area (Å²) in [5, 5.41) is 4.21. The summed E-state index contributed by atoms with van der Waals surface area (Å²) in [5.41, 5.74) is 1.07. The highest BCUT2D eigenvalue weighted by Gasteiger charge is 1.98. The van der Waals surface area contributed by atoms with Crippen LogP contribution in [0.2, 0.25) is 0 Å². The molecule has 0 atom stereocenters. The van der Waals surface area contributed by atoms with E-state index in [2.05, 4.69) is 5.10 Å². The average molecular weight is 166 g/mol. The Labute approximate surface area is 72.4 Å². The number of aromatic nitrogens is 2. The second-order valence-electron chi connectivity index (χ2n) is 3.04. The molecule has 0 unspecified atom stereocenters. The van der Waals surface area contributed by atoms with Crippen molar-refractivity contribution in [2.75, 3.05) is 0 Å². The van der Waals surface area contributed by atoms with E-state index >= 15 is 0 Å². The number of carbonyl (C=O) groups is 1. The molecule has 0 saturated carbocycles. The minimum Gasteiger partial charge on any atom is -0.300 e. The molecule has 0 aromatic carbocycles. The Kier molecular flexibility index (Phi) is 3.02. The van der Waals surface area contributed by atoms with E-state index in [0.29, 0.717) is 6.42 Å². The van der Waals surface area contributed by atoms with Crippen molar-refractivity contribution in [2.45, 2.75) is 26.2 Å². The van der Waals surface area contributed by atoms with Gasteiger partial charge in [0.25, 0.3) is 0 Å². The molecule has 0 aliphatic heterocycles. The molecule has 0 amide bonds. The van der Waals surface area contributed by atoms with Gasteiger partial charge in [0.05, 0.1) is 5.69 Å². The van der Waals surface area contributed by atoms with Crippen molar-refractivity contribution >= 4 is 5.78 Å². The number of carbonyl (C=O) groups excluding carboxylic acids is 1. The third kappa shape index (κ3) is 2.86. The van der Waals surface area contributed by atoms with Crippen LogP contribution in [0.1, 0.15) is 25.5 Å². The van der Waals surface area contributed by atoms with Gasteiger partial charge in [0, 0.05) is 19.7 Å². The predicted octanol–water partition coefficient (Wildman–Crippen LogP) is 1.33. The van der Waals surface area contributed by atoms with Crippen LogP contribution in [-0.2, 0) is 18.3 Å². The molecule has 12 heavy (non-hydrogen) atoms. The fourth-order valence-corrected chi connectivity index (χ4v) is 1.11. The maximum atomic E-state index is 10.6. The Morgan fingerprint density at radius 3 is 2.92 bits per heavy atom. The van der Waals surface area contributed by atoms with Gasteiger partial charge in [0.2, 0.25) is 0 Å². The van der Waals surface area contributed by atoms with E-state index in [-0.39, 0.29) is 5.78 Å². The van der Waals surface area contributed by atoms with Crippen molar-refractivity contribution in [1.29, 1.82) is 0 Å². The molecule has 66 valence electrons. The Hall–Kier alpha value is -1.12. The fourth-order valence-electron chi connectivity index (χ4n) is 1.11. The smallest absolute Gasteiger partial charge is 0.129 e. The van der Waals surface area contributed by atoms with Gasteiger partial charge in [-0.15, -0.1) is 0 Å². The summed E-state index contributed by atoms with van der Waals surface area (Å²) >= 11 is 0. The molecule has 0 spiro atoms. The van der Waals surface area contributed by atoms with E-state index in [0.717, 1.165) is 18.5 Å². The second kappa shape index (κ2) is 4.04. The molecule has 1 rings (SSSR count). The minimum absolute atomic E-state index is 0.255. The van der Waals surface area contributed by atoms with E-state index < -0.39 is 0 Å². The first-order valence-corrected chi connectivity index (χ1v) is 4.16. The number of Topliss-reactive ketones (excluding diaryl/α,β-unsaturated/α-hetero) is 1. The molecule has 0 radical (unpaired) electrons. The molecule has 0 fully saturated rings. The molecular formula is C9H14N2O. The third-order valence-corrected chi connectivity index (χ3v) is 1.73. The zero-order chi connectivity index (χ0) is 8.97. The molecule has 1 aromatic rings. The standard InChI is InChI=1S/C9H14N2O/c1-8(12)4-3-5-9-6-7-11(2)10-9/h6-7H,3-5H2,1-2H3. The molecular weight excluding hydrogens is 152 g/mol. The van der Waals surface area contributed by atoms with E-state index in [1.807, 2.05) is 19.3 Å². The van der Waals surface area contributed by atoms with Crippen LogP contribution in [0.3, 0.4) is 0 Å². The van der Waals surface area contributed by atoms with Crippen LogP contribution in [0.5, 0.6) is 0 Å². The molecule has 3 nitrogen and oxygen atoms in total. The summed E-state index contributed by atoms with van der Waals surface area (Å²) < 4.78 is 1.78. The van der Waals surface area contributed by atoms with E-state index in [9.17, 15) is 4.79 Å². The number of ketones is 1. The lowest BCUT2D eigenvalue weighted by Gasteiger charge is -1.93. The highest BCUT2D eigenvalue weighted by atomic mass is 16.1. The first kappa shape index (κ1) is 8.97. The zero-order valence-corrected chi connectivity index (χ0v) is 7.58. The van der Waals surface area contributed by atoms with Crippen molar-refractivity contribution in [3.05, 3.63) is 18.0 Å². The lowest BCUT2D eigenvalue weighted by Crippen LogP contribution is -1.94. The van der Waals surface area contributed by atoms with Crippen molar-refractivity contribution in [1.82, 2.24) is 9.78 Å². The summed E-state index contributed by atoms with van der Waals surface area (Å²) in [6, 6.07) is 1.99. The molecule has 0 bridgehead atoms. The third-order valence-electron chi connectivity index (χ3n) is 1.73. The van der Waals surface area contributed by atoms with E-state index in [4.69, 9.17) is 0 Å². The van der Waals surface area contributed by atoms with Gasteiger partial charge in [-0.05, 0) is 25.8 Å². The predicted molar refractivity (Wildman–Crippen MR) is 46.8 cm³/mol. The van der Waals surface area contributed by atoms with Crippen LogP contribution in [-0.4, -0.2) is 15.6 Å². The monoisotopic (exact) mass is 166 g/mol. The lowest BCUT2D eigenvalue weighted by atomic mass is 10.1. The van der Waals surface area contributed by atoms with Gasteiger partial charge >= 0.3 is 0 Å². The molecule has 3 heteroatoms. The summed E-state index contributed by atoms with van der Waals surface area (Å²) in [7, 11) is 1.90. The Morgan fingerprint density at radius 2 is 2.42 bits per heavy atom. The van der Waals surface area contributed by atoms with Gasteiger partial charge in [0.15, 0.2) is 0 Å². The topological polar surface area (TPSA) is 34.9 Å². The maximum absolute atomic E-state index is 10.6. The first-order chi connectivity index (χ1) is 5.68. The van der Waals surface area contributed by atoms with Crippen molar-refractivity contribution < 1.29 is 4.79 Å². The van der Waals surface area contributed by atoms with Gasteiger partial charge in [-0.1, -0.05) is 0 Å². The Morgan fingerprint density at radius 1 is 1.67 bits per heavy atom. The van der Waals surface area contributed by atoms with Gasteiger partial charge in [-0.2, -0.15) is 5.10 Å². The largest absolute Gasteiger partial charge is 0.300 e. The quantitative estimate of drug-likeness (QED) is 0.676. The van der Waals surface area contributed by atoms with Gasteiger partial charge < -0.3 is 4.79 Å². The fraction of sp³-hybridized carbons (Fsp3) is 0.556. The SMILES string of the molecule is CC(=O)CCCc1ccn(C)n1. The number of rotatable bonds is 4. The van der Waals surface area contributed by atoms with E-state index in [1.165, 1.54) is 0 Å². The van der Waals surface area contributed by atoms with Crippen molar-refractivity contribution in [2.24, 2.45) is 7.05 Å². The summed E-state index contributed by atoms with van der Waals surface area (Å²) in [4.78, 5) is 10.6. The Balaban J connectivity index is 2.29. The maximum Gasteiger partial charge on any atom is 0.129 e. The molecule has 0 N–H and O–H groups in total. The molecule has 1 heterocycles. The lowest BCUT2D eigenvalue weighted by molar-refractivity contribution is -0.117. The second-order valence-corrected chi connectivity index (χ2v) is 3.04. The summed E-state index contributed by atoms with van der Waals surface area (Å²) in [6.45, 7) is 1.62. The summed E-state index contributed by atoms with van der Waals surface area (Å²) in [5.74, 6) is 0.255. The van der Waals surface area contributed by atoms with Crippen molar-refractivity contribution in [3.8, 4) is 0 Å². The van der Waals surface area contributed by atoms with Crippen LogP contribution in [0.4, 0.5) is 0 Å². The van der Waals surface area contributed by atoms with Gasteiger partial charge in [-0.25, -0.2) is 0 Å². The molecule has 1 aromatic heterocycles. The number of hydrogen-bond acceptors (Lipinski definition) is 2. The number of aryl methyl sites for hydroxylation is 2. The van der Waals surface area contributed by atoms with Crippen molar-refractivity contribution in [3.63, 3.8) is 0 Å². The van der Waals surface area contributed by atoms with Crippen LogP contribution in [0, 0.1) is 0 Å². The number of nitrogens with zero attached hydrogens (tertiary/aromatic N) is 2. The number of hydrogen-bond donors (Lipinski definition) is 0. The molecule has 0 saturated heterocycles. The van der Waals surface area contributed by atoms with E-state index in [1.54, 1.807) is 11.6 Å². The minimum atomic E-state index is 0.255.